The Morgan fingerprint density at radius 3 is 2.35 bits per heavy atom. The fourth-order valence-corrected chi connectivity index (χ4v) is 1.82. The summed E-state index contributed by atoms with van der Waals surface area (Å²) in [6.07, 6.45) is 2.96. The van der Waals surface area contributed by atoms with Crippen molar-refractivity contribution in [2.24, 2.45) is 0 Å². The first-order valence-electron chi connectivity index (χ1n) is 6.61. The lowest BCUT2D eigenvalue weighted by Gasteiger charge is -2.20. The van der Waals surface area contributed by atoms with E-state index in [9.17, 15) is 4.79 Å². The van der Waals surface area contributed by atoms with E-state index in [1.54, 1.807) is 0 Å². The number of ether oxygens (including phenoxy) is 1. The highest BCUT2D eigenvalue weighted by molar-refractivity contribution is 5.68. The van der Waals surface area contributed by atoms with Crippen molar-refractivity contribution in [3.63, 3.8) is 0 Å². The van der Waals surface area contributed by atoms with Crippen molar-refractivity contribution < 1.29 is 9.53 Å². The van der Waals surface area contributed by atoms with Crippen LogP contribution in [0.4, 0.5) is 4.79 Å². The van der Waals surface area contributed by atoms with Gasteiger partial charge in [-0.05, 0) is 40.0 Å². The molecule has 0 aromatic carbocycles. The monoisotopic (exact) mass is 242 g/mol. The Labute approximate surface area is 104 Å². The zero-order chi connectivity index (χ0) is 13.1. The number of hydrogen-bond acceptors (Lipinski definition) is 3. The Morgan fingerprint density at radius 2 is 1.88 bits per heavy atom. The number of carbonyl (C=O) groups is 1. The van der Waals surface area contributed by atoms with Gasteiger partial charge >= 0.3 is 6.09 Å². The van der Waals surface area contributed by atoms with Crippen molar-refractivity contribution in [1.82, 2.24) is 10.6 Å². The van der Waals surface area contributed by atoms with E-state index in [1.807, 2.05) is 20.8 Å². The molecule has 0 aromatic heterocycles. The van der Waals surface area contributed by atoms with E-state index >= 15 is 0 Å². The maximum absolute atomic E-state index is 11.5. The Balaban J connectivity index is 2.22. The van der Waals surface area contributed by atoms with Gasteiger partial charge in [-0.25, -0.2) is 4.79 Å². The van der Waals surface area contributed by atoms with Crippen LogP contribution in [0.15, 0.2) is 0 Å². The van der Waals surface area contributed by atoms with Gasteiger partial charge in [0.2, 0.25) is 0 Å². The van der Waals surface area contributed by atoms with E-state index in [1.165, 1.54) is 0 Å². The lowest BCUT2D eigenvalue weighted by atomic mass is 10.2. The first kappa shape index (κ1) is 14.3. The number of nitrogens with one attached hydrogen (secondary N) is 2. The van der Waals surface area contributed by atoms with Gasteiger partial charge in [0, 0.05) is 18.1 Å². The molecule has 0 bridgehead atoms. The molecular weight excluding hydrogens is 216 g/mol. The van der Waals surface area contributed by atoms with Gasteiger partial charge in [0.25, 0.3) is 0 Å². The predicted molar refractivity (Wildman–Crippen MR) is 69.1 cm³/mol. The fraction of sp³-hybridized carbons (Fsp3) is 0.923. The minimum Gasteiger partial charge on any atom is -0.444 e. The van der Waals surface area contributed by atoms with Crippen LogP contribution in [-0.4, -0.2) is 29.8 Å². The SMILES string of the molecule is CCC(CC)NC1CC1NC(=O)OC(C)(C)C. The zero-order valence-corrected chi connectivity index (χ0v) is 11.7. The van der Waals surface area contributed by atoms with Gasteiger partial charge < -0.3 is 15.4 Å². The van der Waals surface area contributed by atoms with Gasteiger partial charge in [0.15, 0.2) is 0 Å². The first-order valence-corrected chi connectivity index (χ1v) is 6.61. The molecule has 4 nitrogen and oxygen atoms in total. The molecule has 17 heavy (non-hydrogen) atoms. The molecule has 4 heteroatoms. The van der Waals surface area contributed by atoms with Crippen LogP contribution in [0.25, 0.3) is 0 Å². The Kier molecular flexibility index (Phi) is 4.80. The van der Waals surface area contributed by atoms with E-state index in [-0.39, 0.29) is 12.1 Å². The summed E-state index contributed by atoms with van der Waals surface area (Å²) in [5, 5.41) is 6.43. The molecule has 1 aliphatic rings. The molecule has 2 atom stereocenters. The van der Waals surface area contributed by atoms with Crippen LogP contribution in [0, 0.1) is 0 Å². The van der Waals surface area contributed by atoms with E-state index in [2.05, 4.69) is 24.5 Å². The molecule has 1 rings (SSSR count). The summed E-state index contributed by atoms with van der Waals surface area (Å²) in [6.45, 7) is 9.98. The quantitative estimate of drug-likeness (QED) is 0.778. The van der Waals surface area contributed by atoms with Crippen molar-refractivity contribution in [3.05, 3.63) is 0 Å². The van der Waals surface area contributed by atoms with E-state index in [0.29, 0.717) is 12.1 Å². The summed E-state index contributed by atoms with van der Waals surface area (Å²) in [4.78, 5) is 11.5. The third-order valence-electron chi connectivity index (χ3n) is 2.93. The molecule has 0 aromatic rings. The zero-order valence-electron chi connectivity index (χ0n) is 11.7. The van der Waals surface area contributed by atoms with Crippen molar-refractivity contribution in [2.45, 2.75) is 77.6 Å². The summed E-state index contributed by atoms with van der Waals surface area (Å²) in [7, 11) is 0. The minimum absolute atomic E-state index is 0.241. The van der Waals surface area contributed by atoms with Crippen molar-refractivity contribution in [3.8, 4) is 0 Å². The lowest BCUT2D eigenvalue weighted by molar-refractivity contribution is 0.0522. The van der Waals surface area contributed by atoms with Crippen molar-refractivity contribution in [2.75, 3.05) is 0 Å². The smallest absolute Gasteiger partial charge is 0.407 e. The molecule has 1 aliphatic carbocycles. The van der Waals surface area contributed by atoms with Crippen molar-refractivity contribution in [1.29, 1.82) is 0 Å². The van der Waals surface area contributed by atoms with Crippen LogP contribution in [0.1, 0.15) is 53.9 Å². The minimum atomic E-state index is -0.419. The highest BCUT2D eigenvalue weighted by atomic mass is 16.6. The molecule has 0 aliphatic heterocycles. The third-order valence-corrected chi connectivity index (χ3v) is 2.93. The van der Waals surface area contributed by atoms with E-state index in [0.717, 1.165) is 19.3 Å². The molecule has 2 unspecified atom stereocenters. The van der Waals surface area contributed by atoms with Gasteiger partial charge in [-0.3, -0.25) is 0 Å². The molecule has 2 N–H and O–H groups in total. The van der Waals surface area contributed by atoms with Crippen LogP contribution in [0.2, 0.25) is 0 Å². The second-order valence-corrected chi connectivity index (χ2v) is 5.78. The highest BCUT2D eigenvalue weighted by Crippen LogP contribution is 2.23. The molecular formula is C13H26N2O2. The largest absolute Gasteiger partial charge is 0.444 e. The Morgan fingerprint density at radius 1 is 1.29 bits per heavy atom. The molecule has 0 saturated heterocycles. The van der Waals surface area contributed by atoms with Gasteiger partial charge in [0.1, 0.15) is 5.60 Å². The van der Waals surface area contributed by atoms with Crippen LogP contribution in [0.3, 0.4) is 0 Å². The average Bonchev–Trinajstić information content (AvgIpc) is 2.89. The number of carbonyl (C=O) groups excluding carboxylic acids is 1. The predicted octanol–water partition coefficient (Wildman–Crippen LogP) is 2.43. The summed E-state index contributed by atoms with van der Waals surface area (Å²) < 4.78 is 5.22. The van der Waals surface area contributed by atoms with Gasteiger partial charge in [-0.15, -0.1) is 0 Å². The molecule has 0 radical (unpaired) electrons. The summed E-state index contributed by atoms with van der Waals surface area (Å²) in [6, 6.07) is 1.23. The van der Waals surface area contributed by atoms with Gasteiger partial charge in [-0.2, -0.15) is 0 Å². The topological polar surface area (TPSA) is 50.4 Å². The number of hydrogen-bond donors (Lipinski definition) is 2. The number of alkyl carbamates (subject to hydrolysis) is 1. The van der Waals surface area contributed by atoms with Crippen LogP contribution < -0.4 is 10.6 Å². The molecule has 1 saturated carbocycles. The van der Waals surface area contributed by atoms with Gasteiger partial charge in [-0.1, -0.05) is 13.8 Å². The molecule has 0 heterocycles. The molecule has 0 spiro atoms. The lowest BCUT2D eigenvalue weighted by Crippen LogP contribution is -2.39. The normalized spacial score (nSPS) is 23.6. The highest BCUT2D eigenvalue weighted by Gasteiger charge is 2.39. The maximum Gasteiger partial charge on any atom is 0.407 e. The average molecular weight is 242 g/mol. The first-order chi connectivity index (χ1) is 7.85. The Bertz CT molecular complexity index is 257. The standard InChI is InChI=1S/C13H26N2O2/c1-6-9(7-2)14-10-8-11(10)15-12(16)17-13(3,4)5/h9-11,14H,6-8H2,1-5H3,(H,15,16). The van der Waals surface area contributed by atoms with Crippen molar-refractivity contribution >= 4 is 6.09 Å². The fourth-order valence-electron chi connectivity index (χ4n) is 1.82. The maximum atomic E-state index is 11.5. The Hall–Kier alpha value is -0.770. The summed E-state index contributed by atoms with van der Waals surface area (Å²) in [5.74, 6) is 0. The summed E-state index contributed by atoms with van der Waals surface area (Å²) >= 11 is 0. The van der Waals surface area contributed by atoms with Crippen LogP contribution in [-0.2, 0) is 4.74 Å². The van der Waals surface area contributed by atoms with Gasteiger partial charge in [0.05, 0.1) is 0 Å². The number of rotatable bonds is 5. The van der Waals surface area contributed by atoms with E-state index < -0.39 is 5.60 Å². The molecule has 1 amide bonds. The summed E-state index contributed by atoms with van der Waals surface area (Å²) in [5.41, 5.74) is -0.419. The third kappa shape index (κ3) is 5.39. The number of amides is 1. The second kappa shape index (κ2) is 5.71. The van der Waals surface area contributed by atoms with Crippen LogP contribution in [0.5, 0.6) is 0 Å². The van der Waals surface area contributed by atoms with E-state index in [4.69, 9.17) is 4.74 Å². The van der Waals surface area contributed by atoms with Crippen LogP contribution >= 0.6 is 0 Å². The molecule has 100 valence electrons. The molecule has 1 fully saturated rings. The second-order valence-electron chi connectivity index (χ2n) is 5.78.